The first-order valence-corrected chi connectivity index (χ1v) is 7.96. The number of nitriles is 1. The number of hydrogen-bond acceptors (Lipinski definition) is 2. The summed E-state index contributed by atoms with van der Waals surface area (Å²) in [5.41, 5.74) is 3.17. The maximum absolute atomic E-state index is 12.6. The van der Waals surface area contributed by atoms with E-state index in [-0.39, 0.29) is 6.03 Å². The third-order valence-corrected chi connectivity index (χ3v) is 4.25. The third kappa shape index (κ3) is 3.27. The van der Waals surface area contributed by atoms with Crippen LogP contribution in [0.1, 0.15) is 11.1 Å². The van der Waals surface area contributed by atoms with Crippen molar-refractivity contribution in [1.82, 2.24) is 4.90 Å². The minimum Gasteiger partial charge on any atom is -0.318 e. The molecule has 2 amide bonds. The lowest BCUT2D eigenvalue weighted by Crippen LogP contribution is -2.32. The highest BCUT2D eigenvalue weighted by Crippen LogP contribution is 2.24. The van der Waals surface area contributed by atoms with Gasteiger partial charge in [-0.05, 0) is 47.5 Å². The number of nitrogens with zero attached hydrogens (tertiary/aromatic N) is 3. The molecule has 0 unspecified atom stereocenters. The lowest BCUT2D eigenvalue weighted by atomic mass is 10.1. The minimum atomic E-state index is -0.0529. The maximum atomic E-state index is 12.6. The molecule has 0 aliphatic carbocycles. The van der Waals surface area contributed by atoms with Crippen LogP contribution in [0.4, 0.5) is 10.5 Å². The Morgan fingerprint density at radius 2 is 1.96 bits per heavy atom. The highest BCUT2D eigenvalue weighted by molar-refractivity contribution is 6.30. The predicted octanol–water partition coefficient (Wildman–Crippen LogP) is 4.17. The van der Waals surface area contributed by atoms with Crippen LogP contribution in [0.25, 0.3) is 5.57 Å². The maximum Gasteiger partial charge on any atom is 0.324 e. The van der Waals surface area contributed by atoms with E-state index in [4.69, 9.17) is 16.9 Å². The number of halogens is 1. The van der Waals surface area contributed by atoms with E-state index >= 15 is 0 Å². The van der Waals surface area contributed by atoms with Crippen molar-refractivity contribution in [3.05, 3.63) is 71.3 Å². The quantitative estimate of drug-likeness (QED) is 0.840. The van der Waals surface area contributed by atoms with Crippen LogP contribution in [0.2, 0.25) is 5.02 Å². The zero-order valence-corrected chi connectivity index (χ0v) is 13.8. The largest absolute Gasteiger partial charge is 0.324 e. The lowest BCUT2D eigenvalue weighted by molar-refractivity contribution is 0.225. The Labute approximate surface area is 146 Å². The molecule has 2 aromatic rings. The molecule has 1 fully saturated rings. The second-order valence-electron chi connectivity index (χ2n) is 5.63. The van der Waals surface area contributed by atoms with Gasteiger partial charge in [0.1, 0.15) is 0 Å². The number of rotatable bonds is 4. The Hall–Kier alpha value is -2.77. The minimum absolute atomic E-state index is 0.0529. The summed E-state index contributed by atoms with van der Waals surface area (Å²) in [5.74, 6) is 0. The topological polar surface area (TPSA) is 47.3 Å². The van der Waals surface area contributed by atoms with Gasteiger partial charge in [-0.2, -0.15) is 5.26 Å². The van der Waals surface area contributed by atoms with Gasteiger partial charge in [0.25, 0.3) is 0 Å². The Balaban J connectivity index is 1.69. The van der Waals surface area contributed by atoms with Crippen LogP contribution in [0.3, 0.4) is 0 Å². The van der Waals surface area contributed by atoms with Crippen molar-refractivity contribution in [2.45, 2.75) is 0 Å². The number of hydrogen-bond donors (Lipinski definition) is 0. The van der Waals surface area contributed by atoms with E-state index in [0.29, 0.717) is 30.2 Å². The third-order valence-electron chi connectivity index (χ3n) is 4.02. The van der Waals surface area contributed by atoms with Gasteiger partial charge >= 0.3 is 6.03 Å². The fourth-order valence-electron chi connectivity index (χ4n) is 2.71. The molecule has 0 spiro atoms. The van der Waals surface area contributed by atoms with Crippen molar-refractivity contribution in [2.75, 3.05) is 24.5 Å². The van der Waals surface area contributed by atoms with E-state index in [1.807, 2.05) is 24.3 Å². The zero-order chi connectivity index (χ0) is 17.1. The summed E-state index contributed by atoms with van der Waals surface area (Å²) in [4.78, 5) is 16.1. The molecule has 0 saturated carbocycles. The summed E-state index contributed by atoms with van der Waals surface area (Å²) in [6.45, 7) is 5.80. The molecule has 2 aromatic carbocycles. The molecule has 0 bridgehead atoms. The number of carbonyl (C=O) groups is 1. The molecule has 1 aliphatic rings. The molecule has 0 aromatic heterocycles. The van der Waals surface area contributed by atoms with E-state index in [0.717, 1.165) is 16.8 Å². The van der Waals surface area contributed by atoms with Crippen molar-refractivity contribution >= 4 is 28.9 Å². The van der Waals surface area contributed by atoms with Crippen LogP contribution in [-0.2, 0) is 0 Å². The smallest absolute Gasteiger partial charge is 0.318 e. The summed E-state index contributed by atoms with van der Waals surface area (Å²) in [7, 11) is 0. The fraction of sp³-hybridized carbons (Fsp3) is 0.158. The van der Waals surface area contributed by atoms with Crippen molar-refractivity contribution in [3.63, 3.8) is 0 Å². The van der Waals surface area contributed by atoms with E-state index in [2.05, 4.69) is 12.6 Å². The van der Waals surface area contributed by atoms with E-state index in [1.165, 1.54) is 0 Å². The monoisotopic (exact) mass is 337 g/mol. The second-order valence-corrected chi connectivity index (χ2v) is 6.06. The predicted molar refractivity (Wildman–Crippen MR) is 96.0 cm³/mol. The van der Waals surface area contributed by atoms with E-state index < -0.39 is 0 Å². The van der Waals surface area contributed by atoms with E-state index in [1.54, 1.807) is 34.1 Å². The van der Waals surface area contributed by atoms with Crippen LogP contribution in [0.5, 0.6) is 0 Å². The van der Waals surface area contributed by atoms with E-state index in [9.17, 15) is 4.79 Å². The first-order valence-electron chi connectivity index (χ1n) is 7.59. The normalized spacial score (nSPS) is 13.9. The summed E-state index contributed by atoms with van der Waals surface area (Å²) >= 11 is 6.01. The molecule has 1 heterocycles. The zero-order valence-electron chi connectivity index (χ0n) is 13.1. The number of urea groups is 1. The summed E-state index contributed by atoms with van der Waals surface area (Å²) in [5, 5.41) is 9.51. The molecule has 1 saturated heterocycles. The molecule has 1 aliphatic heterocycles. The van der Waals surface area contributed by atoms with Crippen LogP contribution in [0.15, 0.2) is 55.1 Å². The Kier molecular flexibility index (Phi) is 4.54. The average Bonchev–Trinajstić information content (AvgIpc) is 2.95. The van der Waals surface area contributed by atoms with Crippen LogP contribution >= 0.6 is 11.6 Å². The summed E-state index contributed by atoms with van der Waals surface area (Å²) < 4.78 is 0. The van der Waals surface area contributed by atoms with Crippen molar-refractivity contribution in [1.29, 1.82) is 5.26 Å². The van der Waals surface area contributed by atoms with Crippen molar-refractivity contribution in [2.24, 2.45) is 0 Å². The van der Waals surface area contributed by atoms with Gasteiger partial charge in [-0.3, -0.25) is 4.90 Å². The van der Waals surface area contributed by atoms with Crippen molar-refractivity contribution in [3.8, 4) is 6.07 Å². The van der Waals surface area contributed by atoms with Crippen LogP contribution in [-0.4, -0.2) is 30.6 Å². The molecule has 0 atom stereocenters. The second kappa shape index (κ2) is 6.77. The first-order chi connectivity index (χ1) is 11.6. The molecular formula is C19H16ClN3O. The first kappa shape index (κ1) is 16.1. The van der Waals surface area contributed by atoms with Gasteiger partial charge in [0, 0.05) is 30.3 Å². The van der Waals surface area contributed by atoms with Gasteiger partial charge < -0.3 is 4.90 Å². The highest BCUT2D eigenvalue weighted by atomic mass is 35.5. The highest BCUT2D eigenvalue weighted by Gasteiger charge is 2.29. The number of anilines is 1. The fourth-order valence-corrected chi connectivity index (χ4v) is 2.91. The molecule has 120 valence electrons. The Morgan fingerprint density at radius 1 is 1.21 bits per heavy atom. The summed E-state index contributed by atoms with van der Waals surface area (Å²) in [6.07, 6.45) is 0. The van der Waals surface area contributed by atoms with Gasteiger partial charge in [0.2, 0.25) is 0 Å². The molecule has 5 heteroatoms. The average molecular weight is 338 g/mol. The Morgan fingerprint density at radius 3 is 2.62 bits per heavy atom. The SMILES string of the molecule is C=C(CN1CCN(c2ccc(C#N)cc2)C1=O)c1cccc(Cl)c1. The molecule has 4 nitrogen and oxygen atoms in total. The molecule has 24 heavy (non-hydrogen) atoms. The van der Waals surface area contributed by atoms with Crippen molar-refractivity contribution < 1.29 is 4.79 Å². The van der Waals surface area contributed by atoms with Gasteiger partial charge in [-0.25, -0.2) is 4.79 Å². The van der Waals surface area contributed by atoms with Crippen LogP contribution < -0.4 is 4.90 Å². The van der Waals surface area contributed by atoms with Crippen LogP contribution in [0, 0.1) is 11.3 Å². The number of benzene rings is 2. The number of carbonyl (C=O) groups excluding carboxylic acids is 1. The molecule has 0 N–H and O–H groups in total. The molecule has 3 rings (SSSR count). The van der Waals surface area contributed by atoms with Gasteiger partial charge in [0.15, 0.2) is 0 Å². The van der Waals surface area contributed by atoms with Gasteiger partial charge in [-0.15, -0.1) is 0 Å². The standard InChI is InChI=1S/C19H16ClN3O/c1-14(16-3-2-4-17(20)11-16)13-22-9-10-23(19(22)24)18-7-5-15(12-21)6-8-18/h2-8,11H,1,9-10,13H2. The lowest BCUT2D eigenvalue weighted by Gasteiger charge is -2.20. The van der Waals surface area contributed by atoms with Gasteiger partial charge in [0.05, 0.1) is 11.6 Å². The molecular weight excluding hydrogens is 322 g/mol. The Bertz CT molecular complexity index is 823. The summed E-state index contributed by atoms with van der Waals surface area (Å²) in [6, 6.07) is 16.5. The number of amides is 2. The van der Waals surface area contributed by atoms with Gasteiger partial charge in [-0.1, -0.05) is 30.3 Å². The molecule has 0 radical (unpaired) electrons.